The molecule has 3 aromatic rings. The lowest BCUT2D eigenvalue weighted by molar-refractivity contribution is -0.117. The molecule has 0 saturated carbocycles. The molecule has 6 nitrogen and oxygen atoms in total. The van der Waals surface area contributed by atoms with Gasteiger partial charge in [-0.05, 0) is 56.2 Å². The SMILES string of the molecule is CC(=O)N1c2ccc(C(N)=O)cc2C(Nc2ccc(-c3csc(C)n3)cc2)CC1C. The van der Waals surface area contributed by atoms with Gasteiger partial charge in [-0.15, -0.1) is 11.3 Å². The van der Waals surface area contributed by atoms with E-state index in [1.165, 1.54) is 0 Å². The summed E-state index contributed by atoms with van der Waals surface area (Å²) in [6.45, 7) is 5.60. The molecule has 0 spiro atoms. The second kappa shape index (κ2) is 7.91. The summed E-state index contributed by atoms with van der Waals surface area (Å²) in [5.41, 5.74) is 10.7. The minimum Gasteiger partial charge on any atom is -0.378 e. The molecule has 2 atom stereocenters. The summed E-state index contributed by atoms with van der Waals surface area (Å²) >= 11 is 1.63. The van der Waals surface area contributed by atoms with Crippen LogP contribution in [0.4, 0.5) is 11.4 Å². The lowest BCUT2D eigenvalue weighted by Crippen LogP contribution is -2.43. The number of benzene rings is 2. The molecule has 0 aliphatic carbocycles. The van der Waals surface area contributed by atoms with E-state index >= 15 is 0 Å². The lowest BCUT2D eigenvalue weighted by Gasteiger charge is -2.39. The van der Waals surface area contributed by atoms with Crippen LogP contribution in [-0.2, 0) is 4.79 Å². The lowest BCUT2D eigenvalue weighted by atomic mass is 9.90. The molecule has 1 aliphatic heterocycles. The normalized spacial score (nSPS) is 18.0. The molecular weight excluding hydrogens is 396 g/mol. The fourth-order valence-electron chi connectivity index (χ4n) is 4.07. The molecule has 4 rings (SSSR count). The molecular formula is C23H24N4O2S. The first-order valence-corrected chi connectivity index (χ1v) is 10.7. The van der Waals surface area contributed by atoms with Gasteiger partial charge < -0.3 is 16.0 Å². The highest BCUT2D eigenvalue weighted by atomic mass is 32.1. The van der Waals surface area contributed by atoms with Gasteiger partial charge in [0.05, 0.1) is 16.7 Å². The zero-order valence-corrected chi connectivity index (χ0v) is 18.0. The Morgan fingerprint density at radius 1 is 1.20 bits per heavy atom. The van der Waals surface area contributed by atoms with E-state index in [0.717, 1.165) is 39.6 Å². The molecule has 0 bridgehead atoms. The zero-order valence-electron chi connectivity index (χ0n) is 17.2. The molecule has 2 unspecified atom stereocenters. The van der Waals surface area contributed by atoms with Crippen molar-refractivity contribution >= 4 is 34.5 Å². The summed E-state index contributed by atoms with van der Waals surface area (Å²) in [6.07, 6.45) is 0.724. The molecule has 3 N–H and O–H groups in total. The Labute approximate surface area is 179 Å². The number of nitrogens with two attached hydrogens (primary N) is 1. The first kappa shape index (κ1) is 20.1. The number of aryl methyl sites for hydroxylation is 1. The van der Waals surface area contributed by atoms with Crippen LogP contribution in [0.25, 0.3) is 11.3 Å². The number of primary amides is 1. The molecule has 154 valence electrons. The van der Waals surface area contributed by atoms with Crippen molar-refractivity contribution in [2.75, 3.05) is 10.2 Å². The smallest absolute Gasteiger partial charge is 0.248 e. The third kappa shape index (κ3) is 3.80. The van der Waals surface area contributed by atoms with Gasteiger partial charge >= 0.3 is 0 Å². The summed E-state index contributed by atoms with van der Waals surface area (Å²) in [5.74, 6) is -0.496. The topological polar surface area (TPSA) is 88.3 Å². The highest BCUT2D eigenvalue weighted by Gasteiger charge is 2.32. The number of amides is 2. The van der Waals surface area contributed by atoms with E-state index in [2.05, 4.69) is 15.7 Å². The third-order valence-corrected chi connectivity index (χ3v) is 6.22. The first-order valence-electron chi connectivity index (χ1n) is 9.86. The number of carbonyl (C=O) groups excluding carboxylic acids is 2. The Kier molecular flexibility index (Phi) is 5.30. The standard InChI is InChI=1S/C23H24N4O2S/c1-13-10-20(19-11-17(23(24)29)6-9-22(19)27(13)15(3)28)26-18-7-4-16(5-8-18)21-12-30-14(2)25-21/h4-9,11-13,20,26H,10H2,1-3H3,(H2,24,29). The maximum atomic E-state index is 12.2. The molecule has 0 saturated heterocycles. The van der Waals surface area contributed by atoms with Gasteiger partial charge in [0.25, 0.3) is 0 Å². The van der Waals surface area contributed by atoms with Gasteiger partial charge in [0.15, 0.2) is 0 Å². The van der Waals surface area contributed by atoms with Crippen LogP contribution in [0.15, 0.2) is 47.8 Å². The quantitative estimate of drug-likeness (QED) is 0.650. The van der Waals surface area contributed by atoms with Crippen LogP contribution < -0.4 is 16.0 Å². The minimum atomic E-state index is -0.479. The number of nitrogens with one attached hydrogen (secondary N) is 1. The van der Waals surface area contributed by atoms with Crippen LogP contribution in [0, 0.1) is 6.92 Å². The van der Waals surface area contributed by atoms with E-state index in [0.29, 0.717) is 5.56 Å². The number of anilines is 2. The van der Waals surface area contributed by atoms with E-state index in [4.69, 9.17) is 5.73 Å². The molecule has 1 aliphatic rings. The Morgan fingerprint density at radius 2 is 1.93 bits per heavy atom. The summed E-state index contributed by atoms with van der Waals surface area (Å²) in [7, 11) is 0. The molecule has 30 heavy (non-hydrogen) atoms. The van der Waals surface area contributed by atoms with E-state index in [-0.39, 0.29) is 18.0 Å². The molecule has 1 aromatic heterocycles. The highest BCUT2D eigenvalue weighted by molar-refractivity contribution is 7.09. The van der Waals surface area contributed by atoms with Crippen molar-refractivity contribution < 1.29 is 9.59 Å². The summed E-state index contributed by atoms with van der Waals surface area (Å²) < 4.78 is 0. The molecule has 2 amide bonds. The summed E-state index contributed by atoms with van der Waals surface area (Å²) in [4.78, 5) is 30.3. The summed E-state index contributed by atoms with van der Waals surface area (Å²) in [6, 6.07) is 13.4. The largest absolute Gasteiger partial charge is 0.378 e. The van der Waals surface area contributed by atoms with Crippen molar-refractivity contribution in [3.63, 3.8) is 0 Å². The number of hydrogen-bond donors (Lipinski definition) is 2. The summed E-state index contributed by atoms with van der Waals surface area (Å²) in [5, 5.41) is 6.67. The average molecular weight is 421 g/mol. The Balaban J connectivity index is 1.65. The van der Waals surface area contributed by atoms with Crippen molar-refractivity contribution in [1.29, 1.82) is 0 Å². The second-order valence-corrected chi connectivity index (χ2v) is 8.70. The van der Waals surface area contributed by atoms with E-state index in [1.807, 2.05) is 44.2 Å². The maximum absolute atomic E-state index is 12.2. The first-order chi connectivity index (χ1) is 14.3. The molecule has 2 heterocycles. The third-order valence-electron chi connectivity index (χ3n) is 5.44. The van der Waals surface area contributed by atoms with Crippen molar-refractivity contribution in [2.45, 2.75) is 39.3 Å². The van der Waals surface area contributed by atoms with Crippen LogP contribution in [0.5, 0.6) is 0 Å². The van der Waals surface area contributed by atoms with Gasteiger partial charge in [-0.2, -0.15) is 0 Å². The van der Waals surface area contributed by atoms with Crippen molar-refractivity contribution in [1.82, 2.24) is 4.98 Å². The number of hydrogen-bond acceptors (Lipinski definition) is 5. The average Bonchev–Trinajstić information content (AvgIpc) is 3.14. The number of carbonyl (C=O) groups is 2. The Bertz CT molecular complexity index is 1110. The van der Waals surface area contributed by atoms with Gasteiger partial charge in [-0.1, -0.05) is 12.1 Å². The number of aromatic nitrogens is 1. The van der Waals surface area contributed by atoms with E-state index in [9.17, 15) is 9.59 Å². The molecule has 7 heteroatoms. The fraction of sp³-hybridized carbons (Fsp3) is 0.261. The van der Waals surface area contributed by atoms with Crippen molar-refractivity contribution in [2.24, 2.45) is 5.73 Å². The van der Waals surface area contributed by atoms with Gasteiger partial charge in [-0.25, -0.2) is 4.98 Å². The molecule has 2 aromatic carbocycles. The Morgan fingerprint density at radius 3 is 2.53 bits per heavy atom. The van der Waals surface area contributed by atoms with E-state index < -0.39 is 5.91 Å². The monoisotopic (exact) mass is 420 g/mol. The van der Waals surface area contributed by atoms with Crippen LogP contribution in [0.2, 0.25) is 0 Å². The predicted octanol–water partition coefficient (Wildman–Crippen LogP) is 4.52. The number of fused-ring (bicyclic) bond motifs is 1. The van der Waals surface area contributed by atoms with Gasteiger partial charge in [0.1, 0.15) is 0 Å². The van der Waals surface area contributed by atoms with Gasteiger partial charge in [0.2, 0.25) is 11.8 Å². The van der Waals surface area contributed by atoms with Gasteiger partial charge in [-0.3, -0.25) is 9.59 Å². The fourth-order valence-corrected chi connectivity index (χ4v) is 4.69. The zero-order chi connectivity index (χ0) is 21.4. The van der Waals surface area contributed by atoms with Crippen LogP contribution in [0.3, 0.4) is 0 Å². The second-order valence-electron chi connectivity index (χ2n) is 7.64. The van der Waals surface area contributed by atoms with Crippen molar-refractivity contribution in [3.8, 4) is 11.3 Å². The molecule has 0 fully saturated rings. The van der Waals surface area contributed by atoms with E-state index in [1.54, 1.807) is 35.3 Å². The minimum absolute atomic E-state index is 0.0167. The predicted molar refractivity (Wildman–Crippen MR) is 121 cm³/mol. The maximum Gasteiger partial charge on any atom is 0.248 e. The molecule has 0 radical (unpaired) electrons. The van der Waals surface area contributed by atoms with Crippen LogP contribution in [-0.4, -0.2) is 22.8 Å². The number of thiazole rings is 1. The van der Waals surface area contributed by atoms with Crippen molar-refractivity contribution in [3.05, 3.63) is 64.0 Å². The highest BCUT2D eigenvalue weighted by Crippen LogP contribution is 2.39. The van der Waals surface area contributed by atoms with Crippen LogP contribution in [0.1, 0.15) is 47.2 Å². The number of nitrogens with zero attached hydrogens (tertiary/aromatic N) is 2. The van der Waals surface area contributed by atoms with Crippen LogP contribution >= 0.6 is 11.3 Å². The Hall–Kier alpha value is -3.19. The van der Waals surface area contributed by atoms with Gasteiger partial charge in [0, 0.05) is 40.8 Å². The number of rotatable bonds is 4.